The van der Waals surface area contributed by atoms with Crippen molar-refractivity contribution in [2.24, 2.45) is 0 Å². The number of alkyl carbamates (subject to hydrolysis) is 1. The molecule has 0 aromatic heterocycles. The van der Waals surface area contributed by atoms with Crippen LogP contribution in [0.25, 0.3) is 6.08 Å². The van der Waals surface area contributed by atoms with Crippen LogP contribution in [0.4, 0.5) is 4.79 Å². The van der Waals surface area contributed by atoms with Gasteiger partial charge in [-0.1, -0.05) is 54.1 Å². The molecule has 0 radical (unpaired) electrons. The number of piperidine rings is 1. The van der Waals surface area contributed by atoms with Crippen molar-refractivity contribution in [1.82, 2.24) is 15.5 Å². The molecule has 2 aliphatic heterocycles. The van der Waals surface area contributed by atoms with Gasteiger partial charge in [0.1, 0.15) is 5.60 Å². The van der Waals surface area contributed by atoms with Crippen LogP contribution < -0.4 is 10.6 Å². The molecule has 2 saturated heterocycles. The molecule has 37 heavy (non-hydrogen) atoms. The van der Waals surface area contributed by atoms with Gasteiger partial charge in [0.25, 0.3) is 5.91 Å². The van der Waals surface area contributed by atoms with Crippen LogP contribution in [0.3, 0.4) is 0 Å². The van der Waals surface area contributed by atoms with E-state index in [0.717, 1.165) is 31.4 Å². The molecule has 2 fully saturated rings. The Kier molecular flexibility index (Phi) is 8.70. The van der Waals surface area contributed by atoms with Gasteiger partial charge in [0.15, 0.2) is 0 Å². The lowest BCUT2D eigenvalue weighted by Gasteiger charge is -2.38. The largest absolute Gasteiger partial charge is 0.444 e. The monoisotopic (exact) mass is 503 g/mol. The van der Waals surface area contributed by atoms with E-state index in [1.165, 1.54) is 24.0 Å². The summed E-state index contributed by atoms with van der Waals surface area (Å²) in [5.41, 5.74) is 3.99. The molecule has 2 N–H and O–H groups in total. The second kappa shape index (κ2) is 12.0. The first kappa shape index (κ1) is 26.9. The van der Waals surface area contributed by atoms with E-state index in [9.17, 15) is 9.59 Å². The molecule has 2 aromatic carbocycles. The summed E-state index contributed by atoms with van der Waals surface area (Å²) in [6.45, 7) is 9.05. The predicted molar refractivity (Wildman–Crippen MR) is 148 cm³/mol. The van der Waals surface area contributed by atoms with E-state index >= 15 is 0 Å². The minimum atomic E-state index is -0.525. The molecule has 6 nitrogen and oxygen atoms in total. The molecular weight excluding hydrogens is 462 g/mol. The highest BCUT2D eigenvalue weighted by Crippen LogP contribution is 2.39. The van der Waals surface area contributed by atoms with Crippen LogP contribution in [0.1, 0.15) is 74.9 Å². The van der Waals surface area contributed by atoms with Gasteiger partial charge in [-0.2, -0.15) is 0 Å². The molecule has 0 spiro atoms. The first-order chi connectivity index (χ1) is 17.7. The second-order valence-electron chi connectivity index (χ2n) is 11.3. The quantitative estimate of drug-likeness (QED) is 0.493. The summed E-state index contributed by atoms with van der Waals surface area (Å²) in [6, 6.07) is 19.2. The van der Waals surface area contributed by atoms with Crippen LogP contribution in [0.2, 0.25) is 0 Å². The molecular formula is C31H41N3O3. The molecule has 0 saturated carbocycles. The van der Waals surface area contributed by atoms with E-state index in [1.807, 2.05) is 70.2 Å². The van der Waals surface area contributed by atoms with Gasteiger partial charge in [0.05, 0.1) is 0 Å². The van der Waals surface area contributed by atoms with Crippen molar-refractivity contribution in [3.8, 4) is 0 Å². The predicted octanol–water partition coefficient (Wildman–Crippen LogP) is 5.58. The molecule has 2 bridgehead atoms. The number of ether oxygens (including phenoxy) is 1. The molecule has 2 amide bonds. The van der Waals surface area contributed by atoms with E-state index in [1.54, 1.807) is 0 Å². The Balaban J connectivity index is 1.42. The van der Waals surface area contributed by atoms with Crippen molar-refractivity contribution < 1.29 is 14.3 Å². The van der Waals surface area contributed by atoms with Gasteiger partial charge in [0, 0.05) is 36.8 Å². The summed E-state index contributed by atoms with van der Waals surface area (Å²) >= 11 is 0. The molecule has 2 heterocycles. The van der Waals surface area contributed by atoms with Gasteiger partial charge in [-0.05, 0) is 83.1 Å². The Bertz CT molecular complexity index is 1070. The summed E-state index contributed by atoms with van der Waals surface area (Å²) in [5.74, 6) is -0.0295. The highest BCUT2D eigenvalue weighted by atomic mass is 16.6. The molecule has 2 aliphatic rings. The number of fused-ring (bicyclic) bond motifs is 2. The standard InChI is InChI=1S/C31H41N3O3/c1-5-32-29(35)25-13-11-23(12-14-25)17-24-19-27-15-16-28(20-24)34(27)21-26(18-22-9-7-6-8-10-22)33-30(36)37-31(2,3)4/h6-14,17,26-28H,5,15-16,18-21H2,1-4H3,(H,32,35)(H,33,36). The van der Waals surface area contributed by atoms with Crippen LogP contribution in [-0.2, 0) is 11.2 Å². The maximum absolute atomic E-state index is 12.7. The third-order valence-electron chi connectivity index (χ3n) is 7.12. The summed E-state index contributed by atoms with van der Waals surface area (Å²) in [6.07, 6.45) is 7.17. The summed E-state index contributed by atoms with van der Waals surface area (Å²) < 4.78 is 5.58. The first-order valence-corrected chi connectivity index (χ1v) is 13.6. The molecule has 2 aromatic rings. The molecule has 0 aliphatic carbocycles. The third kappa shape index (κ3) is 7.68. The van der Waals surface area contributed by atoms with E-state index in [0.29, 0.717) is 24.2 Å². The van der Waals surface area contributed by atoms with Crippen LogP contribution in [0, 0.1) is 0 Å². The van der Waals surface area contributed by atoms with Gasteiger partial charge < -0.3 is 15.4 Å². The van der Waals surface area contributed by atoms with Crippen molar-refractivity contribution in [2.75, 3.05) is 13.1 Å². The van der Waals surface area contributed by atoms with Crippen LogP contribution in [0.15, 0.2) is 60.2 Å². The summed E-state index contributed by atoms with van der Waals surface area (Å²) in [7, 11) is 0. The lowest BCUT2D eigenvalue weighted by molar-refractivity contribution is 0.0476. The zero-order valence-corrected chi connectivity index (χ0v) is 22.6. The average Bonchev–Trinajstić information content (AvgIpc) is 3.06. The van der Waals surface area contributed by atoms with Gasteiger partial charge in [0.2, 0.25) is 0 Å². The Morgan fingerprint density at radius 2 is 1.68 bits per heavy atom. The lowest BCUT2D eigenvalue weighted by atomic mass is 9.93. The Labute approximate surface area is 221 Å². The summed E-state index contributed by atoms with van der Waals surface area (Å²) in [5, 5.41) is 6.01. The fourth-order valence-electron chi connectivity index (χ4n) is 5.58. The number of amides is 2. The maximum Gasteiger partial charge on any atom is 0.407 e. The van der Waals surface area contributed by atoms with Gasteiger partial charge in [-0.25, -0.2) is 4.79 Å². The van der Waals surface area contributed by atoms with Crippen LogP contribution in [-0.4, -0.2) is 53.7 Å². The zero-order valence-electron chi connectivity index (χ0n) is 22.6. The highest BCUT2D eigenvalue weighted by Gasteiger charge is 2.39. The van der Waals surface area contributed by atoms with Crippen molar-refractivity contribution in [3.63, 3.8) is 0 Å². The fourth-order valence-corrected chi connectivity index (χ4v) is 5.58. The first-order valence-electron chi connectivity index (χ1n) is 13.6. The average molecular weight is 504 g/mol. The van der Waals surface area contributed by atoms with Crippen molar-refractivity contribution in [2.45, 2.75) is 83.5 Å². The van der Waals surface area contributed by atoms with Gasteiger partial charge in [-0.15, -0.1) is 0 Å². The maximum atomic E-state index is 12.7. The number of hydrogen-bond acceptors (Lipinski definition) is 4. The van der Waals surface area contributed by atoms with Crippen molar-refractivity contribution in [3.05, 3.63) is 76.9 Å². The number of nitrogens with zero attached hydrogens (tertiary/aromatic N) is 1. The van der Waals surface area contributed by atoms with Gasteiger partial charge >= 0.3 is 6.09 Å². The number of benzene rings is 2. The second-order valence-corrected chi connectivity index (χ2v) is 11.3. The molecule has 3 atom stereocenters. The Hall–Kier alpha value is -3.12. The smallest absolute Gasteiger partial charge is 0.407 e. The van der Waals surface area contributed by atoms with E-state index in [2.05, 4.69) is 33.7 Å². The molecule has 6 heteroatoms. The topological polar surface area (TPSA) is 70.7 Å². The minimum absolute atomic E-state index is 0.0207. The van der Waals surface area contributed by atoms with E-state index in [4.69, 9.17) is 4.74 Å². The zero-order chi connectivity index (χ0) is 26.4. The highest BCUT2D eigenvalue weighted by molar-refractivity contribution is 5.94. The number of carbonyl (C=O) groups excluding carboxylic acids is 2. The lowest BCUT2D eigenvalue weighted by Crippen LogP contribution is -2.51. The molecule has 198 valence electrons. The SMILES string of the molecule is CCNC(=O)c1ccc(C=C2CC3CCC(C2)N3CC(Cc2ccccc2)NC(=O)OC(C)(C)C)cc1. The Morgan fingerprint density at radius 1 is 1.03 bits per heavy atom. The number of nitrogens with one attached hydrogen (secondary N) is 2. The third-order valence-corrected chi connectivity index (χ3v) is 7.12. The van der Waals surface area contributed by atoms with Crippen molar-refractivity contribution in [1.29, 1.82) is 0 Å². The normalized spacial score (nSPS) is 20.3. The number of carbonyl (C=O) groups is 2. The van der Waals surface area contributed by atoms with E-state index in [-0.39, 0.29) is 18.0 Å². The Morgan fingerprint density at radius 3 is 2.27 bits per heavy atom. The summed E-state index contributed by atoms with van der Waals surface area (Å²) in [4.78, 5) is 27.3. The molecule has 4 rings (SSSR count). The fraction of sp³-hybridized carbons (Fsp3) is 0.484. The van der Waals surface area contributed by atoms with Crippen LogP contribution >= 0.6 is 0 Å². The minimum Gasteiger partial charge on any atom is -0.444 e. The van der Waals surface area contributed by atoms with Crippen LogP contribution in [0.5, 0.6) is 0 Å². The van der Waals surface area contributed by atoms with Gasteiger partial charge in [-0.3, -0.25) is 9.69 Å². The van der Waals surface area contributed by atoms with E-state index < -0.39 is 5.60 Å². The van der Waals surface area contributed by atoms with Crippen molar-refractivity contribution >= 4 is 18.1 Å². The number of hydrogen-bond donors (Lipinski definition) is 2. The molecule has 3 unspecified atom stereocenters. The number of rotatable bonds is 8.